The Hall–Kier alpha value is 0.189. The van der Waals surface area contributed by atoms with E-state index in [4.69, 9.17) is 0 Å². The molecule has 0 unspecified atom stereocenters. The van der Waals surface area contributed by atoms with Gasteiger partial charge in [-0.2, -0.15) is 0 Å². The fourth-order valence-electron chi connectivity index (χ4n) is 0.519. The van der Waals surface area contributed by atoms with Crippen LogP contribution in [0, 0.1) is 5.82 Å². The average molecular weight is 253 g/mol. The van der Waals surface area contributed by atoms with E-state index in [1.165, 1.54) is 6.07 Å². The van der Waals surface area contributed by atoms with Crippen LogP contribution in [0.4, 0.5) is 4.39 Å². The van der Waals surface area contributed by atoms with Gasteiger partial charge in [0.1, 0.15) is 0 Å². The molecule has 1 aromatic carbocycles. The second-order valence-corrected chi connectivity index (χ2v) is 4.70. The van der Waals surface area contributed by atoms with E-state index < -0.39 is 0 Å². The molecule has 47 valence electrons. The topological polar surface area (TPSA) is 0 Å². The van der Waals surface area contributed by atoms with Gasteiger partial charge in [-0.15, -0.1) is 0 Å². The van der Waals surface area contributed by atoms with Crippen molar-refractivity contribution in [2.75, 3.05) is 0 Å². The van der Waals surface area contributed by atoms with E-state index in [1.807, 2.05) is 6.07 Å². The fraction of sp³-hybridized carbons (Fsp3) is 0. The molecule has 9 heavy (non-hydrogen) atoms. The van der Waals surface area contributed by atoms with Gasteiger partial charge in [0.2, 0.25) is 0 Å². The summed E-state index contributed by atoms with van der Waals surface area (Å²) in [5.74, 6) is -0.148. The van der Waals surface area contributed by atoms with E-state index in [1.54, 1.807) is 12.1 Å². The van der Waals surface area contributed by atoms with Crippen LogP contribution in [-0.2, 0) is 0 Å². The molecule has 1 radical (unpaired) electrons. The van der Waals surface area contributed by atoms with Crippen molar-refractivity contribution in [3.05, 3.63) is 30.1 Å². The number of hydrogen-bond acceptors (Lipinski definition) is 0. The summed E-state index contributed by atoms with van der Waals surface area (Å²) in [5, 5.41) is 0. The van der Waals surface area contributed by atoms with Crippen molar-refractivity contribution >= 4 is 31.8 Å². The van der Waals surface area contributed by atoms with Crippen LogP contribution >= 0.6 is 0 Å². The summed E-state index contributed by atoms with van der Waals surface area (Å²) in [4.78, 5) is 0. The second-order valence-electron chi connectivity index (χ2n) is 1.54. The van der Waals surface area contributed by atoms with Gasteiger partial charge in [0, 0.05) is 0 Å². The third kappa shape index (κ3) is 2.11. The van der Waals surface area contributed by atoms with Gasteiger partial charge in [-0.3, -0.25) is 0 Å². The number of rotatable bonds is 1. The minimum atomic E-state index is -0.148. The van der Waals surface area contributed by atoms with E-state index >= 15 is 0 Å². The molecule has 0 heterocycles. The minimum absolute atomic E-state index is 0.148. The van der Waals surface area contributed by atoms with Crippen molar-refractivity contribution in [2.24, 2.45) is 0 Å². The normalized spacial score (nSPS) is 9.56. The Balaban J connectivity index is 2.94. The van der Waals surface area contributed by atoms with E-state index in [2.05, 4.69) is 14.2 Å². The van der Waals surface area contributed by atoms with E-state index in [-0.39, 0.29) is 5.82 Å². The average Bonchev–Trinajstić information content (AvgIpc) is 1.88. The van der Waals surface area contributed by atoms with Crippen LogP contribution in [0.2, 0.25) is 0 Å². The van der Waals surface area contributed by atoms with E-state index in [9.17, 15) is 4.39 Å². The molecule has 0 saturated carbocycles. The van der Waals surface area contributed by atoms with Gasteiger partial charge >= 0.3 is 66.3 Å². The summed E-state index contributed by atoms with van der Waals surface area (Å²) >= 11 is 3.18. The van der Waals surface area contributed by atoms with Crippen LogP contribution in [0.25, 0.3) is 0 Å². The predicted octanol–water partition coefficient (Wildman–Crippen LogP) is 0.239. The maximum absolute atomic E-state index is 12.4. The van der Waals surface area contributed by atoms with E-state index in [0.717, 1.165) is 4.46 Å². The molecule has 0 aliphatic rings. The first-order chi connectivity index (χ1) is 4.33. The quantitative estimate of drug-likeness (QED) is 0.629. The molecule has 0 bridgehead atoms. The Morgan fingerprint density at radius 3 is 2.67 bits per heavy atom. The Labute approximate surface area is 66.4 Å². The Morgan fingerprint density at radius 2 is 2.22 bits per heavy atom. The van der Waals surface area contributed by atoms with Crippen LogP contribution in [0.15, 0.2) is 24.3 Å². The molecule has 0 aromatic heterocycles. The van der Waals surface area contributed by atoms with Gasteiger partial charge in [0.25, 0.3) is 0 Å². The molecule has 0 aliphatic carbocycles. The predicted molar refractivity (Wildman–Crippen MR) is 37.5 cm³/mol. The summed E-state index contributed by atoms with van der Waals surface area (Å²) in [5.41, 5.74) is 0. The van der Waals surface area contributed by atoms with Crippen LogP contribution in [-0.4, -0.2) is 27.3 Å². The standard InChI is InChI=1S/C6H4FSe2/c7-5-2-1-3-6(4-5)9-8/h1-4H. The third-order valence-corrected chi connectivity index (χ3v) is 3.93. The van der Waals surface area contributed by atoms with Crippen molar-refractivity contribution in [1.82, 2.24) is 0 Å². The number of halogens is 1. The summed E-state index contributed by atoms with van der Waals surface area (Å²) in [6.07, 6.45) is 0. The van der Waals surface area contributed by atoms with Crippen molar-refractivity contribution in [2.45, 2.75) is 0 Å². The fourth-order valence-corrected chi connectivity index (χ4v) is 2.27. The van der Waals surface area contributed by atoms with Gasteiger partial charge in [0.15, 0.2) is 0 Å². The Kier molecular flexibility index (Phi) is 2.74. The maximum atomic E-state index is 12.4. The van der Waals surface area contributed by atoms with Crippen molar-refractivity contribution in [3.63, 3.8) is 0 Å². The molecule has 0 fully saturated rings. The molecular formula is C6H4FSe2. The van der Waals surface area contributed by atoms with Crippen molar-refractivity contribution < 1.29 is 4.39 Å². The van der Waals surface area contributed by atoms with Gasteiger partial charge in [-0.25, -0.2) is 0 Å². The molecule has 0 amide bonds. The van der Waals surface area contributed by atoms with Crippen LogP contribution < -0.4 is 4.46 Å². The summed E-state index contributed by atoms with van der Waals surface area (Å²) < 4.78 is 13.4. The number of benzene rings is 1. The van der Waals surface area contributed by atoms with Crippen molar-refractivity contribution in [1.29, 1.82) is 0 Å². The molecule has 0 N–H and O–H groups in total. The van der Waals surface area contributed by atoms with Gasteiger partial charge in [-0.05, 0) is 0 Å². The molecule has 0 atom stereocenters. The number of hydrogen-bond donors (Lipinski definition) is 0. The molecule has 3 heteroatoms. The van der Waals surface area contributed by atoms with E-state index in [0.29, 0.717) is 13.1 Å². The van der Waals surface area contributed by atoms with Crippen LogP contribution in [0.5, 0.6) is 0 Å². The molecule has 1 rings (SSSR count). The first-order valence-corrected chi connectivity index (χ1v) is 7.57. The zero-order valence-corrected chi connectivity index (χ0v) is 7.93. The van der Waals surface area contributed by atoms with Gasteiger partial charge in [0.05, 0.1) is 0 Å². The third-order valence-electron chi connectivity index (χ3n) is 0.892. The Bertz CT molecular complexity index is 200. The molecule has 0 nitrogen and oxygen atoms in total. The summed E-state index contributed by atoms with van der Waals surface area (Å²) in [7, 11) is 0. The second kappa shape index (κ2) is 3.38. The molecule has 0 aliphatic heterocycles. The first kappa shape index (κ1) is 7.30. The summed E-state index contributed by atoms with van der Waals surface area (Å²) in [6, 6.07) is 6.65. The molecule has 0 saturated heterocycles. The van der Waals surface area contributed by atoms with Crippen LogP contribution in [0.3, 0.4) is 0 Å². The Morgan fingerprint density at radius 1 is 1.44 bits per heavy atom. The zero-order chi connectivity index (χ0) is 6.69. The monoisotopic (exact) mass is 255 g/mol. The SMILES string of the molecule is Fc1cccc([Se][Se])c1. The zero-order valence-electron chi connectivity index (χ0n) is 4.50. The molecule has 1 aromatic rings. The molecule has 0 spiro atoms. The molecular weight excluding hydrogens is 249 g/mol. The first-order valence-electron chi connectivity index (χ1n) is 2.38. The van der Waals surface area contributed by atoms with Gasteiger partial charge in [-0.1, -0.05) is 0 Å². The van der Waals surface area contributed by atoms with Crippen molar-refractivity contribution in [3.8, 4) is 0 Å². The summed E-state index contributed by atoms with van der Waals surface area (Å²) in [6.45, 7) is 0. The van der Waals surface area contributed by atoms with Crippen LogP contribution in [0.1, 0.15) is 0 Å². The van der Waals surface area contributed by atoms with Gasteiger partial charge < -0.3 is 0 Å².